The van der Waals surface area contributed by atoms with Crippen LogP contribution in [-0.4, -0.2) is 34.1 Å². The van der Waals surface area contributed by atoms with E-state index in [0.717, 1.165) is 24.5 Å². The third-order valence-electron chi connectivity index (χ3n) is 3.96. The molecule has 0 fully saturated rings. The summed E-state index contributed by atoms with van der Waals surface area (Å²) in [5.74, 6) is -1.88. The van der Waals surface area contributed by atoms with Crippen LogP contribution in [0.2, 0.25) is 0 Å². The van der Waals surface area contributed by atoms with Crippen molar-refractivity contribution in [2.24, 2.45) is 0 Å². The summed E-state index contributed by atoms with van der Waals surface area (Å²) < 4.78 is 50.1. The van der Waals surface area contributed by atoms with Gasteiger partial charge in [-0.25, -0.2) is 14.8 Å². The Labute approximate surface area is 173 Å². The number of hydrogen-bond donors (Lipinski definition) is 2. The van der Waals surface area contributed by atoms with E-state index in [0.29, 0.717) is 11.8 Å². The van der Waals surface area contributed by atoms with Gasteiger partial charge >= 0.3 is 12.1 Å². The zero-order valence-corrected chi connectivity index (χ0v) is 15.8. The van der Waals surface area contributed by atoms with Gasteiger partial charge in [0.05, 0.1) is 18.4 Å². The number of ether oxygens (including phenoxy) is 2. The fourth-order valence-electron chi connectivity index (χ4n) is 2.51. The van der Waals surface area contributed by atoms with Crippen molar-refractivity contribution in [1.82, 2.24) is 9.97 Å². The SMILES string of the molecule is COc1ccc(Oc2ccc(C(F)(F)F)cc2NC(=O)c2nccnc2C(=O)O)cc1. The van der Waals surface area contributed by atoms with E-state index < -0.39 is 35.0 Å². The Bertz CT molecular complexity index is 1120. The maximum atomic E-state index is 13.2. The minimum Gasteiger partial charge on any atom is -0.497 e. The number of alkyl halides is 3. The van der Waals surface area contributed by atoms with Crippen LogP contribution in [0.4, 0.5) is 18.9 Å². The van der Waals surface area contributed by atoms with Crippen LogP contribution in [0.1, 0.15) is 26.5 Å². The molecule has 0 spiro atoms. The highest BCUT2D eigenvalue weighted by Gasteiger charge is 2.32. The molecule has 0 atom stereocenters. The summed E-state index contributed by atoms with van der Waals surface area (Å²) >= 11 is 0. The average Bonchev–Trinajstić information content (AvgIpc) is 2.74. The highest BCUT2D eigenvalue weighted by Crippen LogP contribution is 2.37. The Hall–Kier alpha value is -4.15. The van der Waals surface area contributed by atoms with Gasteiger partial charge in [-0.1, -0.05) is 0 Å². The van der Waals surface area contributed by atoms with Crippen molar-refractivity contribution in [2.75, 3.05) is 12.4 Å². The normalized spacial score (nSPS) is 11.0. The number of methoxy groups -OCH3 is 1. The molecule has 0 saturated carbocycles. The molecule has 0 unspecified atom stereocenters. The second-order valence-corrected chi connectivity index (χ2v) is 6.00. The van der Waals surface area contributed by atoms with Crippen molar-refractivity contribution in [3.05, 3.63) is 71.8 Å². The minimum absolute atomic E-state index is 0.104. The molecular weight excluding hydrogens is 419 g/mol. The van der Waals surface area contributed by atoms with Crippen LogP contribution >= 0.6 is 0 Å². The second-order valence-electron chi connectivity index (χ2n) is 6.00. The number of aromatic nitrogens is 2. The molecule has 0 aliphatic carbocycles. The summed E-state index contributed by atoms with van der Waals surface area (Å²) in [6.45, 7) is 0. The summed E-state index contributed by atoms with van der Waals surface area (Å²) in [5.41, 5.74) is -2.59. The van der Waals surface area contributed by atoms with Crippen LogP contribution in [0.5, 0.6) is 17.2 Å². The topological polar surface area (TPSA) is 111 Å². The number of nitrogens with one attached hydrogen (secondary N) is 1. The van der Waals surface area contributed by atoms with Crippen LogP contribution in [0, 0.1) is 0 Å². The van der Waals surface area contributed by atoms with Gasteiger partial charge in [-0.2, -0.15) is 13.2 Å². The lowest BCUT2D eigenvalue weighted by Crippen LogP contribution is -2.20. The summed E-state index contributed by atoms with van der Waals surface area (Å²) in [4.78, 5) is 31.0. The predicted octanol–water partition coefficient (Wildman–Crippen LogP) is 4.25. The summed E-state index contributed by atoms with van der Waals surface area (Å²) in [6.07, 6.45) is -2.53. The first-order valence-electron chi connectivity index (χ1n) is 8.58. The van der Waals surface area contributed by atoms with Gasteiger partial charge in [0.2, 0.25) is 0 Å². The molecular formula is C20H14F3N3O5. The Morgan fingerprint density at radius 2 is 1.58 bits per heavy atom. The fraction of sp³-hybridized carbons (Fsp3) is 0.100. The van der Waals surface area contributed by atoms with Gasteiger partial charge < -0.3 is 19.9 Å². The van der Waals surface area contributed by atoms with Crippen LogP contribution in [0.25, 0.3) is 0 Å². The van der Waals surface area contributed by atoms with E-state index in [1.165, 1.54) is 19.2 Å². The second kappa shape index (κ2) is 8.69. The smallest absolute Gasteiger partial charge is 0.416 e. The van der Waals surface area contributed by atoms with Crippen molar-refractivity contribution in [3.8, 4) is 17.2 Å². The van der Waals surface area contributed by atoms with Crippen molar-refractivity contribution >= 4 is 17.6 Å². The Morgan fingerprint density at radius 1 is 0.968 bits per heavy atom. The van der Waals surface area contributed by atoms with Crippen molar-refractivity contribution in [1.29, 1.82) is 0 Å². The quantitative estimate of drug-likeness (QED) is 0.598. The number of carboxylic acid groups (broad SMARTS) is 1. The van der Waals surface area contributed by atoms with Crippen LogP contribution in [-0.2, 0) is 6.18 Å². The highest BCUT2D eigenvalue weighted by molar-refractivity contribution is 6.09. The Kier molecular flexibility index (Phi) is 6.05. The van der Waals surface area contributed by atoms with Gasteiger partial charge in [0, 0.05) is 12.4 Å². The zero-order chi connectivity index (χ0) is 22.6. The third kappa shape index (κ3) is 5.07. The van der Waals surface area contributed by atoms with Crippen molar-refractivity contribution in [2.45, 2.75) is 6.18 Å². The van der Waals surface area contributed by atoms with E-state index in [1.54, 1.807) is 12.1 Å². The van der Waals surface area contributed by atoms with Crippen LogP contribution < -0.4 is 14.8 Å². The molecule has 1 aromatic heterocycles. The number of carbonyl (C=O) groups excluding carboxylic acids is 1. The summed E-state index contributed by atoms with van der Waals surface area (Å²) in [6, 6.07) is 8.71. The van der Waals surface area contributed by atoms with E-state index >= 15 is 0 Å². The van der Waals surface area contributed by atoms with Gasteiger partial charge in [-0.05, 0) is 42.5 Å². The zero-order valence-electron chi connectivity index (χ0n) is 15.8. The lowest BCUT2D eigenvalue weighted by molar-refractivity contribution is -0.137. The minimum atomic E-state index is -4.68. The molecule has 31 heavy (non-hydrogen) atoms. The van der Waals surface area contributed by atoms with Crippen LogP contribution in [0.3, 0.4) is 0 Å². The van der Waals surface area contributed by atoms with Crippen LogP contribution in [0.15, 0.2) is 54.9 Å². The molecule has 0 radical (unpaired) electrons. The number of amides is 1. The number of aromatic carboxylic acids is 1. The van der Waals surface area contributed by atoms with Gasteiger partial charge in [-0.15, -0.1) is 0 Å². The van der Waals surface area contributed by atoms with Crippen molar-refractivity contribution < 1.29 is 37.3 Å². The standard InChI is InChI=1S/C20H14F3N3O5/c1-30-12-3-5-13(6-4-12)31-15-7-2-11(20(21,22)23)10-14(15)26-18(27)16-17(19(28)29)25-9-8-24-16/h2-10H,1H3,(H,26,27)(H,28,29). The van der Waals surface area contributed by atoms with Crippen molar-refractivity contribution in [3.63, 3.8) is 0 Å². The molecule has 0 saturated heterocycles. The number of anilines is 1. The van der Waals surface area contributed by atoms with E-state index in [9.17, 15) is 22.8 Å². The Morgan fingerprint density at radius 3 is 2.16 bits per heavy atom. The van der Waals surface area contributed by atoms with Gasteiger partial charge in [0.25, 0.3) is 5.91 Å². The monoisotopic (exact) mass is 433 g/mol. The molecule has 0 aliphatic rings. The van der Waals surface area contributed by atoms with E-state index in [1.807, 2.05) is 0 Å². The molecule has 1 amide bonds. The van der Waals surface area contributed by atoms with E-state index in [2.05, 4.69) is 15.3 Å². The number of benzene rings is 2. The molecule has 8 nitrogen and oxygen atoms in total. The first kappa shape index (κ1) is 21.6. The molecule has 2 aromatic carbocycles. The maximum absolute atomic E-state index is 13.2. The number of nitrogens with zero attached hydrogens (tertiary/aromatic N) is 2. The maximum Gasteiger partial charge on any atom is 0.416 e. The molecule has 0 aliphatic heterocycles. The molecule has 3 aromatic rings. The first-order chi connectivity index (χ1) is 14.7. The molecule has 160 valence electrons. The number of carboxylic acids is 1. The molecule has 0 bridgehead atoms. The number of halogens is 3. The molecule has 3 rings (SSSR count). The lowest BCUT2D eigenvalue weighted by Gasteiger charge is -2.15. The predicted molar refractivity (Wildman–Crippen MR) is 101 cm³/mol. The van der Waals surface area contributed by atoms with Gasteiger partial charge in [0.15, 0.2) is 17.1 Å². The lowest BCUT2D eigenvalue weighted by atomic mass is 10.1. The van der Waals surface area contributed by atoms with E-state index in [4.69, 9.17) is 14.6 Å². The summed E-state index contributed by atoms with van der Waals surface area (Å²) in [5, 5.41) is 11.4. The van der Waals surface area contributed by atoms with E-state index in [-0.39, 0.29) is 17.2 Å². The Balaban J connectivity index is 1.98. The first-order valence-corrected chi connectivity index (χ1v) is 8.58. The fourth-order valence-corrected chi connectivity index (χ4v) is 2.51. The highest BCUT2D eigenvalue weighted by atomic mass is 19.4. The summed E-state index contributed by atoms with van der Waals surface area (Å²) in [7, 11) is 1.47. The average molecular weight is 433 g/mol. The van der Waals surface area contributed by atoms with Gasteiger partial charge in [-0.3, -0.25) is 4.79 Å². The number of rotatable bonds is 6. The number of carbonyl (C=O) groups is 2. The molecule has 11 heteroatoms. The van der Waals surface area contributed by atoms with Gasteiger partial charge in [0.1, 0.15) is 11.5 Å². The molecule has 2 N–H and O–H groups in total. The molecule has 1 heterocycles. The largest absolute Gasteiger partial charge is 0.497 e. The number of hydrogen-bond acceptors (Lipinski definition) is 6. The third-order valence-corrected chi connectivity index (χ3v) is 3.96.